The highest BCUT2D eigenvalue weighted by molar-refractivity contribution is 7.81. The van der Waals surface area contributed by atoms with E-state index >= 15 is 0 Å². The molecule has 0 unspecified atom stereocenters. The average molecular weight is 416 g/mol. The lowest BCUT2D eigenvalue weighted by molar-refractivity contribution is 0.00578. The Hall–Kier alpha value is -1.65. The zero-order valence-corrected chi connectivity index (χ0v) is 18.2. The number of hydrogen-bond acceptors (Lipinski definition) is 7. The van der Waals surface area contributed by atoms with Crippen LogP contribution in [0.15, 0.2) is 12.1 Å². The first-order valence-electron chi connectivity index (χ1n) is 8.79. The Bertz CT molecular complexity index is 872. The molecule has 10 heteroatoms. The summed E-state index contributed by atoms with van der Waals surface area (Å²) in [5.74, 6) is -1.04. The van der Waals surface area contributed by atoms with Gasteiger partial charge in [0, 0.05) is 5.56 Å². The van der Waals surface area contributed by atoms with Crippen molar-refractivity contribution >= 4 is 29.1 Å². The summed E-state index contributed by atoms with van der Waals surface area (Å²) >= 11 is 0. The van der Waals surface area contributed by atoms with E-state index in [1.54, 1.807) is 20.8 Å². The normalized spacial score (nSPS) is 18.8. The van der Waals surface area contributed by atoms with Crippen LogP contribution < -0.4 is 9.65 Å². The number of benzene rings is 1. The molecule has 0 aliphatic carbocycles. The summed E-state index contributed by atoms with van der Waals surface area (Å²) < 4.78 is 56.9. The van der Waals surface area contributed by atoms with E-state index in [1.807, 2.05) is 27.7 Å². The van der Waals surface area contributed by atoms with Crippen LogP contribution in [0, 0.1) is 6.92 Å². The fraction of sp³-hybridized carbons (Fsp3) is 0.611. The van der Waals surface area contributed by atoms with E-state index in [0.717, 1.165) is 0 Å². The fourth-order valence-electron chi connectivity index (χ4n) is 2.56. The third-order valence-corrected chi connectivity index (χ3v) is 5.09. The van der Waals surface area contributed by atoms with Crippen molar-refractivity contribution < 1.29 is 35.3 Å². The lowest BCUT2D eigenvalue weighted by Gasteiger charge is -2.32. The van der Waals surface area contributed by atoms with Crippen molar-refractivity contribution in [2.75, 3.05) is 0 Å². The second-order valence-corrected chi connectivity index (χ2v) is 9.71. The van der Waals surface area contributed by atoms with Crippen LogP contribution in [-0.2, 0) is 24.5 Å². The first kappa shape index (κ1) is 22.6. The lowest BCUT2D eigenvalue weighted by Crippen LogP contribution is -2.41. The van der Waals surface area contributed by atoms with Crippen LogP contribution in [0.2, 0.25) is 0 Å². The molecular weight excluding hydrogens is 390 g/mol. The van der Waals surface area contributed by atoms with Gasteiger partial charge in [-0.15, -0.1) is 0 Å². The van der Waals surface area contributed by atoms with Crippen molar-refractivity contribution in [3.05, 3.63) is 23.3 Å². The molecule has 1 fully saturated rings. The third kappa shape index (κ3) is 5.04. The molecule has 0 bridgehead atoms. The minimum absolute atomic E-state index is 0.0285. The molecule has 1 saturated heterocycles. The summed E-state index contributed by atoms with van der Waals surface area (Å²) in [5.41, 5.74) is -1.65. The number of esters is 1. The molecule has 156 valence electrons. The smallest absolute Gasteiger partial charge is 0.456 e. The summed E-state index contributed by atoms with van der Waals surface area (Å²) in [6.07, 6.45) is 0. The molecule has 1 aliphatic heterocycles. The van der Waals surface area contributed by atoms with Gasteiger partial charge in [0.25, 0.3) is 0 Å². The maximum Gasteiger partial charge on any atom is 0.494 e. The highest BCUT2D eigenvalue weighted by atomic mass is 32.3. The molecule has 0 saturated carbocycles. The zero-order chi connectivity index (χ0) is 21.7. The summed E-state index contributed by atoms with van der Waals surface area (Å²) in [6.45, 7) is 13.9. The number of rotatable bonds is 4. The molecule has 1 aliphatic rings. The van der Waals surface area contributed by atoms with E-state index in [2.05, 4.69) is 4.18 Å². The number of halogens is 1. The van der Waals surface area contributed by atoms with Crippen molar-refractivity contribution in [3.63, 3.8) is 0 Å². The molecular formula is C18H26BFO7S. The molecule has 1 aromatic carbocycles. The Morgan fingerprint density at radius 3 is 2.04 bits per heavy atom. The third-order valence-electron chi connectivity index (χ3n) is 4.72. The van der Waals surface area contributed by atoms with E-state index in [1.165, 1.54) is 19.1 Å². The summed E-state index contributed by atoms with van der Waals surface area (Å²) in [5, 5.41) is 0. The number of carbonyl (C=O) groups excluding carboxylic acids is 1. The number of hydrogen-bond donors (Lipinski definition) is 0. The van der Waals surface area contributed by atoms with Crippen LogP contribution in [0.3, 0.4) is 0 Å². The number of carbonyl (C=O) groups is 1. The van der Waals surface area contributed by atoms with Gasteiger partial charge in [-0.05, 0) is 73.0 Å². The molecule has 1 heterocycles. The van der Waals surface area contributed by atoms with Crippen LogP contribution in [0.5, 0.6) is 5.75 Å². The van der Waals surface area contributed by atoms with Crippen molar-refractivity contribution in [1.82, 2.24) is 0 Å². The Labute approximate surface area is 166 Å². The van der Waals surface area contributed by atoms with Gasteiger partial charge in [0.15, 0.2) is 0 Å². The standard InChI is InChI=1S/C18H26BFO7S/c1-11-13(15(21)24-16(2,3)4)9-12(10-14(11)25-28(20,22)23)19-26-17(5,6)18(7,8)27-19/h9-10H,1-8H3. The highest BCUT2D eigenvalue weighted by Gasteiger charge is 2.52. The van der Waals surface area contributed by atoms with Gasteiger partial charge in [0.05, 0.1) is 16.8 Å². The van der Waals surface area contributed by atoms with E-state index in [4.69, 9.17) is 14.0 Å². The van der Waals surface area contributed by atoms with E-state index in [0.29, 0.717) is 5.46 Å². The largest absolute Gasteiger partial charge is 0.494 e. The van der Waals surface area contributed by atoms with Gasteiger partial charge >= 0.3 is 23.6 Å². The number of ether oxygens (including phenoxy) is 1. The van der Waals surface area contributed by atoms with Crippen LogP contribution in [0.4, 0.5) is 3.89 Å². The second-order valence-electron chi connectivity index (χ2n) is 8.76. The maximum atomic E-state index is 13.2. The molecule has 0 aromatic heterocycles. The summed E-state index contributed by atoms with van der Waals surface area (Å²) in [4.78, 5) is 12.6. The molecule has 7 nitrogen and oxygen atoms in total. The van der Waals surface area contributed by atoms with Crippen LogP contribution in [0.1, 0.15) is 64.4 Å². The van der Waals surface area contributed by atoms with Crippen LogP contribution in [0.25, 0.3) is 0 Å². The van der Waals surface area contributed by atoms with E-state index in [-0.39, 0.29) is 16.9 Å². The molecule has 0 atom stereocenters. The van der Waals surface area contributed by atoms with E-state index < -0.39 is 40.4 Å². The molecule has 0 N–H and O–H groups in total. The van der Waals surface area contributed by atoms with Crippen molar-refractivity contribution in [2.24, 2.45) is 0 Å². The maximum absolute atomic E-state index is 13.2. The van der Waals surface area contributed by atoms with Gasteiger partial charge in [-0.3, -0.25) is 0 Å². The Kier molecular flexibility index (Phi) is 5.66. The molecule has 1 aromatic rings. The SMILES string of the molecule is Cc1c(OS(=O)(=O)F)cc(B2OC(C)(C)C(C)(C)O2)cc1C(=O)OC(C)(C)C. The van der Waals surface area contributed by atoms with Crippen molar-refractivity contribution in [2.45, 2.75) is 72.2 Å². The van der Waals surface area contributed by atoms with Crippen molar-refractivity contribution in [3.8, 4) is 5.75 Å². The van der Waals surface area contributed by atoms with Gasteiger partial charge in [-0.1, -0.05) is 3.89 Å². The van der Waals surface area contributed by atoms with Gasteiger partial charge in [0.2, 0.25) is 0 Å². The predicted molar refractivity (Wildman–Crippen MR) is 103 cm³/mol. The quantitative estimate of drug-likeness (QED) is 0.424. The monoisotopic (exact) mass is 416 g/mol. The van der Waals surface area contributed by atoms with Crippen LogP contribution in [-0.4, -0.2) is 38.3 Å². The highest BCUT2D eigenvalue weighted by Crippen LogP contribution is 2.37. The summed E-state index contributed by atoms with van der Waals surface area (Å²) in [7, 11) is -6.20. The predicted octanol–water partition coefficient (Wildman–Crippen LogP) is 2.84. The van der Waals surface area contributed by atoms with Gasteiger partial charge in [0.1, 0.15) is 11.4 Å². The molecule has 2 rings (SSSR count). The topological polar surface area (TPSA) is 88.1 Å². The van der Waals surface area contributed by atoms with Crippen LogP contribution >= 0.6 is 0 Å². The lowest BCUT2D eigenvalue weighted by atomic mass is 9.77. The Morgan fingerprint density at radius 2 is 1.61 bits per heavy atom. The van der Waals surface area contributed by atoms with Gasteiger partial charge in [-0.25, -0.2) is 4.79 Å². The second kappa shape index (κ2) is 7.00. The Morgan fingerprint density at radius 1 is 1.11 bits per heavy atom. The summed E-state index contributed by atoms with van der Waals surface area (Å²) in [6, 6.07) is 2.76. The molecule has 0 spiro atoms. The van der Waals surface area contributed by atoms with E-state index in [9.17, 15) is 17.1 Å². The zero-order valence-electron chi connectivity index (χ0n) is 17.4. The minimum atomic E-state index is -5.30. The molecule has 0 amide bonds. The minimum Gasteiger partial charge on any atom is -0.456 e. The first-order valence-corrected chi connectivity index (χ1v) is 10.1. The van der Waals surface area contributed by atoms with Gasteiger partial charge in [-0.2, -0.15) is 8.42 Å². The fourth-order valence-corrected chi connectivity index (χ4v) is 2.95. The molecule has 28 heavy (non-hydrogen) atoms. The first-order chi connectivity index (χ1) is 12.4. The molecule has 0 radical (unpaired) electrons. The van der Waals surface area contributed by atoms with Gasteiger partial charge < -0.3 is 18.2 Å². The Balaban J connectivity index is 2.56. The average Bonchev–Trinajstić information content (AvgIpc) is 2.66. The van der Waals surface area contributed by atoms with Crippen molar-refractivity contribution in [1.29, 1.82) is 0 Å².